The van der Waals surface area contributed by atoms with Crippen LogP contribution in [0.4, 0.5) is 5.69 Å². The maximum Gasteiger partial charge on any atom is 0.264 e. The van der Waals surface area contributed by atoms with E-state index in [0.29, 0.717) is 21.5 Å². The van der Waals surface area contributed by atoms with Gasteiger partial charge in [-0.3, -0.25) is 4.79 Å². The molecular weight excluding hydrogens is 370 g/mol. The first kappa shape index (κ1) is 18.4. The molecule has 6 heteroatoms. The Balaban J connectivity index is 1.72. The molecule has 0 aliphatic carbocycles. The highest BCUT2D eigenvalue weighted by molar-refractivity contribution is 8.18. The second-order valence-corrected chi connectivity index (χ2v) is 7.76. The zero-order chi connectivity index (χ0) is 19.8. The molecule has 5 nitrogen and oxygen atoms in total. The van der Waals surface area contributed by atoms with E-state index in [0.717, 1.165) is 27.7 Å². The predicted octanol–water partition coefficient (Wildman–Crippen LogP) is 4.70. The number of nitrogens with zero attached hydrogens (tertiary/aromatic N) is 2. The number of nitrogens with one attached hydrogen (secondary N) is 1. The van der Waals surface area contributed by atoms with Gasteiger partial charge >= 0.3 is 0 Å². The fourth-order valence-electron chi connectivity index (χ4n) is 3.34. The largest absolute Gasteiger partial charge is 0.494 e. The fraction of sp³-hybridized carbons (Fsp3) is 0.182. The molecule has 0 spiro atoms. The number of para-hydroxylation sites is 1. The van der Waals surface area contributed by atoms with Gasteiger partial charge in [0.1, 0.15) is 11.4 Å². The zero-order valence-corrected chi connectivity index (χ0v) is 17.1. The molecule has 1 N–H and O–H groups in total. The maximum atomic E-state index is 12.5. The van der Waals surface area contributed by atoms with Crippen LogP contribution in [0.2, 0.25) is 0 Å². The van der Waals surface area contributed by atoms with Crippen molar-refractivity contribution in [2.75, 3.05) is 7.11 Å². The molecule has 1 amide bonds. The molecule has 2 heterocycles. The SMILES string of the molecule is COc1ccc(C)cc1N=C1NC(=O)/C(=C/c2c(C)n(C)c3ccccc23)S1. The summed E-state index contributed by atoms with van der Waals surface area (Å²) in [6.45, 7) is 4.06. The van der Waals surface area contributed by atoms with Gasteiger partial charge in [0.05, 0.1) is 12.0 Å². The van der Waals surface area contributed by atoms with E-state index in [1.165, 1.54) is 11.8 Å². The number of aliphatic imine (C=N–C) groups is 1. The van der Waals surface area contributed by atoms with Gasteiger partial charge in [-0.05, 0) is 55.4 Å². The summed E-state index contributed by atoms with van der Waals surface area (Å²) < 4.78 is 7.52. The van der Waals surface area contributed by atoms with Crippen molar-refractivity contribution < 1.29 is 9.53 Å². The number of carbonyl (C=O) groups excluding carboxylic acids is 1. The first-order chi connectivity index (χ1) is 13.5. The van der Waals surface area contributed by atoms with Crippen molar-refractivity contribution in [1.82, 2.24) is 9.88 Å². The lowest BCUT2D eigenvalue weighted by molar-refractivity contribution is -0.115. The second-order valence-electron chi connectivity index (χ2n) is 6.73. The van der Waals surface area contributed by atoms with Crippen LogP contribution >= 0.6 is 11.8 Å². The Bertz CT molecular complexity index is 1160. The summed E-state index contributed by atoms with van der Waals surface area (Å²) >= 11 is 1.35. The van der Waals surface area contributed by atoms with Gasteiger partial charge in [0.2, 0.25) is 0 Å². The number of amidine groups is 1. The van der Waals surface area contributed by atoms with Gasteiger partial charge in [-0.25, -0.2) is 4.99 Å². The number of methoxy groups -OCH3 is 1. The lowest BCUT2D eigenvalue weighted by Crippen LogP contribution is -2.19. The van der Waals surface area contributed by atoms with E-state index < -0.39 is 0 Å². The Morgan fingerprint density at radius 2 is 1.96 bits per heavy atom. The molecule has 4 rings (SSSR count). The van der Waals surface area contributed by atoms with E-state index >= 15 is 0 Å². The van der Waals surface area contributed by atoms with Gasteiger partial charge in [0.25, 0.3) is 5.91 Å². The van der Waals surface area contributed by atoms with Crippen molar-refractivity contribution in [3.8, 4) is 5.75 Å². The first-order valence-corrected chi connectivity index (χ1v) is 9.78. The van der Waals surface area contributed by atoms with Gasteiger partial charge < -0.3 is 14.6 Å². The quantitative estimate of drug-likeness (QED) is 0.659. The van der Waals surface area contributed by atoms with Crippen LogP contribution in [-0.2, 0) is 11.8 Å². The third-order valence-corrected chi connectivity index (χ3v) is 5.84. The molecule has 0 unspecified atom stereocenters. The molecule has 3 aromatic rings. The number of fused-ring (bicyclic) bond motifs is 1. The minimum Gasteiger partial charge on any atom is -0.494 e. The predicted molar refractivity (Wildman–Crippen MR) is 116 cm³/mol. The van der Waals surface area contributed by atoms with Gasteiger partial charge in [-0.1, -0.05) is 24.3 Å². The standard InChI is InChI=1S/C22H21N3O2S/c1-13-9-10-19(27-4)17(11-13)23-22-24-21(26)20(28-22)12-16-14(2)25(3)18-8-6-5-7-15(16)18/h5-12H,1-4H3,(H,23,24,26)/b20-12-. The van der Waals surface area contributed by atoms with Gasteiger partial charge in [0, 0.05) is 29.2 Å². The number of ether oxygens (including phenoxy) is 1. The van der Waals surface area contributed by atoms with Crippen LogP contribution in [0.3, 0.4) is 0 Å². The van der Waals surface area contributed by atoms with Crippen LogP contribution in [0.5, 0.6) is 5.75 Å². The molecule has 0 radical (unpaired) electrons. The Morgan fingerprint density at radius 3 is 2.75 bits per heavy atom. The molecule has 2 aromatic carbocycles. The van der Waals surface area contributed by atoms with Crippen molar-refractivity contribution in [2.24, 2.45) is 12.0 Å². The lowest BCUT2D eigenvalue weighted by Gasteiger charge is -2.05. The van der Waals surface area contributed by atoms with E-state index in [2.05, 4.69) is 33.9 Å². The van der Waals surface area contributed by atoms with E-state index in [9.17, 15) is 4.79 Å². The molecule has 1 saturated heterocycles. The number of amides is 1. The summed E-state index contributed by atoms with van der Waals surface area (Å²) in [4.78, 5) is 17.8. The lowest BCUT2D eigenvalue weighted by atomic mass is 10.1. The molecule has 1 aromatic heterocycles. The average molecular weight is 391 g/mol. The highest BCUT2D eigenvalue weighted by atomic mass is 32.2. The number of benzene rings is 2. The molecule has 0 bridgehead atoms. The van der Waals surface area contributed by atoms with Gasteiger partial charge in [-0.15, -0.1) is 0 Å². The van der Waals surface area contributed by atoms with Gasteiger partial charge in [-0.2, -0.15) is 0 Å². The van der Waals surface area contributed by atoms with Crippen LogP contribution in [0.15, 0.2) is 52.4 Å². The summed E-state index contributed by atoms with van der Waals surface area (Å²) in [5.41, 5.74) is 5.11. The minimum absolute atomic E-state index is 0.136. The number of hydrogen-bond donors (Lipinski definition) is 1. The van der Waals surface area contributed by atoms with Crippen molar-refractivity contribution in [1.29, 1.82) is 0 Å². The molecule has 142 valence electrons. The summed E-state index contributed by atoms with van der Waals surface area (Å²) in [5.74, 6) is 0.540. The monoisotopic (exact) mass is 391 g/mol. The molecular formula is C22H21N3O2S. The number of rotatable bonds is 3. The van der Waals surface area contributed by atoms with Crippen LogP contribution in [0, 0.1) is 13.8 Å². The van der Waals surface area contributed by atoms with Crippen molar-refractivity contribution >= 4 is 45.5 Å². The van der Waals surface area contributed by atoms with Crippen molar-refractivity contribution in [3.05, 3.63) is 64.2 Å². The smallest absolute Gasteiger partial charge is 0.264 e. The topological polar surface area (TPSA) is 55.6 Å². The number of aryl methyl sites for hydroxylation is 2. The third kappa shape index (κ3) is 3.20. The first-order valence-electron chi connectivity index (χ1n) is 8.96. The molecule has 0 saturated carbocycles. The van der Waals surface area contributed by atoms with E-state index in [1.54, 1.807) is 7.11 Å². The number of hydrogen-bond acceptors (Lipinski definition) is 4. The third-order valence-electron chi connectivity index (χ3n) is 4.93. The van der Waals surface area contributed by atoms with Crippen LogP contribution in [0.25, 0.3) is 17.0 Å². The van der Waals surface area contributed by atoms with E-state index in [1.807, 2.05) is 50.4 Å². The van der Waals surface area contributed by atoms with Crippen LogP contribution < -0.4 is 10.1 Å². The van der Waals surface area contributed by atoms with Crippen LogP contribution in [-0.4, -0.2) is 22.8 Å². The Labute approximate surface area is 168 Å². The van der Waals surface area contributed by atoms with Crippen molar-refractivity contribution in [3.63, 3.8) is 0 Å². The maximum absolute atomic E-state index is 12.5. The van der Waals surface area contributed by atoms with E-state index in [4.69, 9.17) is 4.74 Å². The minimum atomic E-state index is -0.136. The van der Waals surface area contributed by atoms with Crippen molar-refractivity contribution in [2.45, 2.75) is 13.8 Å². The Hall–Kier alpha value is -2.99. The molecule has 0 atom stereocenters. The fourth-order valence-corrected chi connectivity index (χ4v) is 4.16. The second kappa shape index (κ2) is 7.20. The zero-order valence-electron chi connectivity index (χ0n) is 16.2. The molecule has 1 aliphatic heterocycles. The molecule has 1 aliphatic rings. The summed E-state index contributed by atoms with van der Waals surface area (Å²) in [6, 6.07) is 14.0. The Kier molecular flexibility index (Phi) is 4.73. The average Bonchev–Trinajstić information content (AvgIpc) is 3.14. The number of carbonyl (C=O) groups is 1. The van der Waals surface area contributed by atoms with E-state index in [-0.39, 0.29) is 5.91 Å². The number of aromatic nitrogens is 1. The van der Waals surface area contributed by atoms with Gasteiger partial charge in [0.15, 0.2) is 5.17 Å². The number of thioether (sulfide) groups is 1. The Morgan fingerprint density at radius 1 is 1.18 bits per heavy atom. The van der Waals surface area contributed by atoms with Crippen LogP contribution in [0.1, 0.15) is 16.8 Å². The highest BCUT2D eigenvalue weighted by Crippen LogP contribution is 2.34. The summed E-state index contributed by atoms with van der Waals surface area (Å²) in [7, 11) is 3.65. The summed E-state index contributed by atoms with van der Waals surface area (Å²) in [5, 5.41) is 4.55. The summed E-state index contributed by atoms with van der Waals surface area (Å²) in [6.07, 6.45) is 1.95. The molecule has 28 heavy (non-hydrogen) atoms. The molecule has 1 fully saturated rings. The highest BCUT2D eigenvalue weighted by Gasteiger charge is 2.25. The normalized spacial score (nSPS) is 16.9.